The van der Waals surface area contributed by atoms with Crippen LogP contribution >= 0.6 is 0 Å². The van der Waals surface area contributed by atoms with Gasteiger partial charge in [0.1, 0.15) is 12.1 Å². The van der Waals surface area contributed by atoms with E-state index in [1.54, 1.807) is 24.4 Å². The van der Waals surface area contributed by atoms with Crippen LogP contribution in [-0.4, -0.2) is 32.5 Å². The van der Waals surface area contributed by atoms with Crippen molar-refractivity contribution < 1.29 is 13.9 Å². The summed E-state index contributed by atoms with van der Waals surface area (Å²) in [5.74, 6) is 0.416. The zero-order chi connectivity index (χ0) is 27.1. The van der Waals surface area contributed by atoms with Gasteiger partial charge in [-0.1, -0.05) is 48.5 Å². The molecule has 0 radical (unpaired) electrons. The maximum atomic E-state index is 13.7. The molecule has 0 saturated carbocycles. The summed E-state index contributed by atoms with van der Waals surface area (Å²) in [7, 11) is 0. The fraction of sp³-hybridized carbons (Fsp3) is 0.161. The van der Waals surface area contributed by atoms with Crippen LogP contribution in [0.3, 0.4) is 0 Å². The van der Waals surface area contributed by atoms with Gasteiger partial charge in [-0.3, -0.25) is 9.59 Å². The first-order valence-electron chi connectivity index (χ1n) is 12.7. The van der Waals surface area contributed by atoms with Crippen molar-refractivity contribution >= 4 is 45.0 Å². The van der Waals surface area contributed by atoms with Crippen LogP contribution in [0.1, 0.15) is 25.1 Å². The summed E-state index contributed by atoms with van der Waals surface area (Å²) >= 11 is 0. The molecule has 0 amide bonds. The molecule has 0 N–H and O–H groups in total. The molecule has 6 rings (SSSR count). The van der Waals surface area contributed by atoms with E-state index in [4.69, 9.17) is 14.1 Å². The van der Waals surface area contributed by atoms with Crippen LogP contribution in [0.5, 0.6) is 0 Å². The first-order valence-corrected chi connectivity index (χ1v) is 12.7. The van der Waals surface area contributed by atoms with Crippen molar-refractivity contribution in [2.45, 2.75) is 33.4 Å². The van der Waals surface area contributed by atoms with Crippen molar-refractivity contribution in [3.8, 4) is 11.6 Å². The number of hydrogen-bond donors (Lipinski definition) is 0. The molecular weight excluding hydrogens is 492 g/mol. The van der Waals surface area contributed by atoms with Crippen LogP contribution in [0.2, 0.25) is 0 Å². The molecule has 39 heavy (non-hydrogen) atoms. The zero-order valence-corrected chi connectivity index (χ0v) is 21.8. The van der Waals surface area contributed by atoms with Gasteiger partial charge in [-0.25, -0.2) is 4.98 Å². The number of aromatic nitrogens is 3. The van der Waals surface area contributed by atoms with Gasteiger partial charge in [-0.05, 0) is 51.1 Å². The van der Waals surface area contributed by atoms with E-state index in [1.165, 1.54) is 4.68 Å². The number of nitrogens with zero attached hydrogens (tertiary/aromatic N) is 4. The molecule has 0 saturated heterocycles. The van der Waals surface area contributed by atoms with Gasteiger partial charge in [0.2, 0.25) is 5.82 Å². The number of fused-ring (bicyclic) bond motifs is 3. The molecule has 6 aromatic rings. The van der Waals surface area contributed by atoms with E-state index < -0.39 is 0 Å². The van der Waals surface area contributed by atoms with Crippen molar-refractivity contribution in [2.75, 3.05) is 0 Å². The van der Waals surface area contributed by atoms with Gasteiger partial charge in [-0.15, -0.1) is 0 Å². The quantitative estimate of drug-likeness (QED) is 0.202. The summed E-state index contributed by atoms with van der Waals surface area (Å²) in [6, 6.07) is 24.4. The Morgan fingerprint density at radius 3 is 2.54 bits per heavy atom. The highest BCUT2D eigenvalue weighted by molar-refractivity contribution is 6.01. The Labute approximate surface area is 223 Å². The van der Waals surface area contributed by atoms with Gasteiger partial charge in [0, 0.05) is 27.5 Å². The normalized spacial score (nSPS) is 11.9. The number of carbonyl (C=O) groups excluding carboxylic acids is 1. The summed E-state index contributed by atoms with van der Waals surface area (Å²) in [6.07, 6.45) is 1.44. The minimum absolute atomic E-state index is 0.0695. The van der Waals surface area contributed by atoms with Crippen LogP contribution in [0, 0.1) is 6.92 Å². The predicted octanol–water partition coefficient (Wildman–Crippen LogP) is 5.91. The highest BCUT2D eigenvalue weighted by Crippen LogP contribution is 2.28. The number of rotatable bonds is 6. The van der Waals surface area contributed by atoms with E-state index in [0.29, 0.717) is 28.1 Å². The summed E-state index contributed by atoms with van der Waals surface area (Å²) in [5, 5.41) is 6.91. The third-order valence-electron chi connectivity index (χ3n) is 6.64. The molecule has 3 heterocycles. The van der Waals surface area contributed by atoms with Crippen LogP contribution in [-0.2, 0) is 16.1 Å². The molecule has 3 aromatic heterocycles. The Bertz CT molecular complexity index is 1930. The molecule has 0 unspecified atom stereocenters. The molecule has 0 atom stereocenters. The Balaban J connectivity index is 1.52. The number of para-hydroxylation sites is 3. The summed E-state index contributed by atoms with van der Waals surface area (Å²) in [4.78, 5) is 30.9. The second kappa shape index (κ2) is 9.72. The average Bonchev–Trinajstić information content (AvgIpc) is 3.47. The number of hydrogen-bond acceptors (Lipinski definition) is 6. The Kier molecular flexibility index (Phi) is 6.07. The van der Waals surface area contributed by atoms with Gasteiger partial charge in [-0.2, -0.15) is 9.78 Å². The topological polar surface area (TPSA) is 91.6 Å². The molecule has 194 valence electrons. The second-order valence-electron chi connectivity index (χ2n) is 9.60. The first-order chi connectivity index (χ1) is 18.9. The van der Waals surface area contributed by atoms with Gasteiger partial charge < -0.3 is 13.7 Å². The maximum Gasteiger partial charge on any atom is 0.326 e. The van der Waals surface area contributed by atoms with E-state index in [0.717, 1.165) is 27.5 Å². The molecule has 8 nitrogen and oxygen atoms in total. The smallest absolute Gasteiger partial charge is 0.326 e. The average molecular weight is 519 g/mol. The zero-order valence-electron chi connectivity index (χ0n) is 21.8. The van der Waals surface area contributed by atoms with Crippen molar-refractivity contribution in [3.63, 3.8) is 0 Å². The fourth-order valence-corrected chi connectivity index (χ4v) is 4.85. The number of furan rings is 1. The van der Waals surface area contributed by atoms with Crippen LogP contribution in [0.4, 0.5) is 0 Å². The lowest BCUT2D eigenvalue weighted by atomic mass is 10.1. The number of benzene rings is 3. The van der Waals surface area contributed by atoms with Gasteiger partial charge in [0.05, 0.1) is 23.2 Å². The van der Waals surface area contributed by atoms with Gasteiger partial charge >= 0.3 is 5.97 Å². The van der Waals surface area contributed by atoms with Crippen molar-refractivity contribution in [1.29, 1.82) is 0 Å². The van der Waals surface area contributed by atoms with Crippen molar-refractivity contribution in [3.05, 3.63) is 100 Å². The number of ether oxygens (including phenoxy) is 1. The third kappa shape index (κ3) is 4.40. The molecule has 0 aliphatic rings. The molecule has 0 aliphatic carbocycles. The van der Waals surface area contributed by atoms with E-state index in [-0.39, 0.29) is 24.2 Å². The molecule has 0 spiro atoms. The third-order valence-corrected chi connectivity index (χ3v) is 6.64. The van der Waals surface area contributed by atoms with Crippen LogP contribution in [0.15, 0.2) is 93.2 Å². The Hall–Kier alpha value is -4.98. The highest BCUT2D eigenvalue weighted by atomic mass is 16.5. The van der Waals surface area contributed by atoms with Gasteiger partial charge in [0.15, 0.2) is 5.76 Å². The maximum absolute atomic E-state index is 13.7. The standard InChI is InChI=1S/C31H26N4O4/c1-19(2)38-29(36)18-34-20(3)24(22-11-6-8-14-26(22)34)17-32-35-30(28-16-21-10-4-9-15-27(21)39-28)33-25-13-7-5-12-23(25)31(35)37/h4-17,19H,18H2,1-3H3. The first kappa shape index (κ1) is 24.4. The molecule has 8 heteroatoms. The lowest BCUT2D eigenvalue weighted by Gasteiger charge is -2.11. The van der Waals surface area contributed by atoms with Crippen molar-refractivity contribution in [1.82, 2.24) is 14.2 Å². The molecular formula is C31H26N4O4. The number of carbonyl (C=O) groups is 1. The molecule has 0 aliphatic heterocycles. The minimum Gasteiger partial charge on any atom is -0.462 e. The summed E-state index contributed by atoms with van der Waals surface area (Å²) < 4.78 is 14.6. The molecule has 0 fully saturated rings. The fourth-order valence-electron chi connectivity index (χ4n) is 4.85. The van der Waals surface area contributed by atoms with E-state index in [2.05, 4.69) is 5.10 Å². The van der Waals surface area contributed by atoms with E-state index in [9.17, 15) is 9.59 Å². The molecule has 3 aromatic carbocycles. The highest BCUT2D eigenvalue weighted by Gasteiger charge is 2.19. The van der Waals surface area contributed by atoms with Crippen LogP contribution in [0.25, 0.3) is 44.4 Å². The second-order valence-corrected chi connectivity index (χ2v) is 9.60. The summed E-state index contributed by atoms with van der Waals surface area (Å²) in [5.41, 5.74) is 3.43. The Morgan fingerprint density at radius 1 is 1.03 bits per heavy atom. The minimum atomic E-state index is -0.320. The van der Waals surface area contributed by atoms with Crippen LogP contribution < -0.4 is 5.56 Å². The van der Waals surface area contributed by atoms with Gasteiger partial charge in [0.25, 0.3) is 5.56 Å². The van der Waals surface area contributed by atoms with Crippen molar-refractivity contribution in [2.24, 2.45) is 5.10 Å². The number of esters is 1. The van der Waals surface area contributed by atoms with E-state index >= 15 is 0 Å². The lowest BCUT2D eigenvalue weighted by molar-refractivity contribution is -0.148. The Morgan fingerprint density at radius 2 is 1.74 bits per heavy atom. The largest absolute Gasteiger partial charge is 0.462 e. The SMILES string of the molecule is Cc1c(C=Nn2c(-c3cc4ccccc4o3)nc3ccccc3c2=O)c2ccccc2n1CC(=O)OC(C)C. The predicted molar refractivity (Wildman–Crippen MR) is 152 cm³/mol. The summed E-state index contributed by atoms with van der Waals surface area (Å²) in [6.45, 7) is 5.64. The van der Waals surface area contributed by atoms with E-state index in [1.807, 2.05) is 86.0 Å². The lowest BCUT2D eigenvalue weighted by Crippen LogP contribution is -2.20. The monoisotopic (exact) mass is 518 g/mol. The molecule has 0 bridgehead atoms.